The number of likely N-dealkylation sites (N-methyl/N-ethyl adjacent to an activating group) is 1. The average molecular weight is 438 g/mol. The molecule has 3 rings (SSSR count). The topological polar surface area (TPSA) is 70.2 Å². The first-order chi connectivity index (χ1) is 15.4. The van der Waals surface area contributed by atoms with Gasteiger partial charge in [-0.1, -0.05) is 48.5 Å². The van der Waals surface area contributed by atoms with Gasteiger partial charge in [0.1, 0.15) is 12.3 Å². The second kappa shape index (κ2) is 10.8. The van der Waals surface area contributed by atoms with Crippen LogP contribution in [0.5, 0.6) is 5.75 Å². The second-order valence-electron chi connectivity index (χ2n) is 8.16. The van der Waals surface area contributed by atoms with Gasteiger partial charge in [0.05, 0.1) is 7.11 Å². The number of hydrogen-bond acceptors (Lipinski definition) is 4. The fourth-order valence-corrected chi connectivity index (χ4v) is 3.99. The molecule has 1 unspecified atom stereocenters. The first kappa shape index (κ1) is 23.3. The minimum absolute atomic E-state index is 0.00343. The van der Waals surface area contributed by atoms with Gasteiger partial charge in [0, 0.05) is 32.6 Å². The lowest BCUT2D eigenvalue weighted by Crippen LogP contribution is -2.40. The highest BCUT2D eigenvalue weighted by atomic mass is 16.5. The molecule has 32 heavy (non-hydrogen) atoms. The van der Waals surface area contributed by atoms with Crippen molar-refractivity contribution in [1.29, 1.82) is 0 Å². The predicted molar refractivity (Wildman–Crippen MR) is 122 cm³/mol. The van der Waals surface area contributed by atoms with Gasteiger partial charge in [-0.2, -0.15) is 0 Å². The standard InChI is InChI=1S/C25H31N3O4/c1-19(16-21-12-7-8-13-22(21)32-3)28(17-20-10-5-4-6-11-20)23(29)14-9-15-27-24(30)18-26(2)25(27)31/h4-8,10-13,19H,9,14-18H2,1-3H3. The minimum Gasteiger partial charge on any atom is -0.496 e. The molecule has 0 aromatic heterocycles. The van der Waals surface area contributed by atoms with Gasteiger partial charge in [-0.15, -0.1) is 0 Å². The van der Waals surface area contributed by atoms with Crippen molar-refractivity contribution in [3.8, 4) is 5.75 Å². The summed E-state index contributed by atoms with van der Waals surface area (Å²) in [6.07, 6.45) is 1.37. The van der Waals surface area contributed by atoms with E-state index in [1.54, 1.807) is 14.2 Å². The van der Waals surface area contributed by atoms with Crippen LogP contribution in [0.3, 0.4) is 0 Å². The maximum atomic E-state index is 13.2. The van der Waals surface area contributed by atoms with E-state index in [1.165, 1.54) is 9.80 Å². The van der Waals surface area contributed by atoms with Crippen LogP contribution in [0, 0.1) is 0 Å². The molecule has 0 saturated carbocycles. The summed E-state index contributed by atoms with van der Waals surface area (Å²) in [5.41, 5.74) is 2.10. The lowest BCUT2D eigenvalue weighted by molar-refractivity contribution is -0.134. The number of nitrogens with zero attached hydrogens (tertiary/aromatic N) is 3. The number of benzene rings is 2. The van der Waals surface area contributed by atoms with E-state index < -0.39 is 0 Å². The van der Waals surface area contributed by atoms with Crippen molar-refractivity contribution in [1.82, 2.24) is 14.7 Å². The van der Waals surface area contributed by atoms with Crippen LogP contribution < -0.4 is 4.74 Å². The van der Waals surface area contributed by atoms with E-state index in [1.807, 2.05) is 66.4 Å². The van der Waals surface area contributed by atoms with Crippen LogP contribution in [-0.4, -0.2) is 65.8 Å². The van der Waals surface area contributed by atoms with Crippen molar-refractivity contribution in [2.75, 3.05) is 27.2 Å². The monoisotopic (exact) mass is 437 g/mol. The van der Waals surface area contributed by atoms with Crippen molar-refractivity contribution in [3.05, 3.63) is 65.7 Å². The Kier molecular flexibility index (Phi) is 7.87. The highest BCUT2D eigenvalue weighted by Gasteiger charge is 2.33. The molecule has 7 nitrogen and oxygen atoms in total. The molecule has 0 N–H and O–H groups in total. The van der Waals surface area contributed by atoms with Crippen molar-refractivity contribution in [3.63, 3.8) is 0 Å². The van der Waals surface area contributed by atoms with Gasteiger partial charge in [0.15, 0.2) is 0 Å². The maximum Gasteiger partial charge on any atom is 0.326 e. The predicted octanol–water partition coefficient (Wildman–Crippen LogP) is 3.33. The summed E-state index contributed by atoms with van der Waals surface area (Å²) in [5, 5.41) is 0. The third kappa shape index (κ3) is 5.66. The highest BCUT2D eigenvalue weighted by Crippen LogP contribution is 2.22. The van der Waals surface area contributed by atoms with Gasteiger partial charge in [-0.3, -0.25) is 14.5 Å². The van der Waals surface area contributed by atoms with Crippen molar-refractivity contribution in [2.24, 2.45) is 0 Å². The van der Waals surface area contributed by atoms with E-state index in [9.17, 15) is 14.4 Å². The molecule has 1 fully saturated rings. The number of urea groups is 1. The Morgan fingerprint density at radius 1 is 1.09 bits per heavy atom. The van der Waals surface area contributed by atoms with E-state index >= 15 is 0 Å². The van der Waals surface area contributed by atoms with Crippen molar-refractivity contribution in [2.45, 2.75) is 38.8 Å². The molecule has 1 aliphatic heterocycles. The first-order valence-electron chi connectivity index (χ1n) is 10.9. The molecule has 0 spiro atoms. The molecule has 170 valence electrons. The van der Waals surface area contributed by atoms with Crippen LogP contribution in [0.15, 0.2) is 54.6 Å². The molecular formula is C25H31N3O4. The number of amides is 4. The quantitative estimate of drug-likeness (QED) is 0.535. The summed E-state index contributed by atoms with van der Waals surface area (Å²) in [7, 11) is 3.25. The Labute approximate surface area is 189 Å². The molecule has 1 heterocycles. The third-order valence-corrected chi connectivity index (χ3v) is 5.76. The Morgan fingerprint density at radius 2 is 1.78 bits per heavy atom. The van der Waals surface area contributed by atoms with E-state index in [-0.39, 0.29) is 43.4 Å². The summed E-state index contributed by atoms with van der Waals surface area (Å²) in [5.74, 6) is 0.598. The first-order valence-corrected chi connectivity index (χ1v) is 10.9. The smallest absolute Gasteiger partial charge is 0.326 e. The van der Waals surface area contributed by atoms with Crippen molar-refractivity contribution >= 4 is 17.8 Å². The molecule has 7 heteroatoms. The van der Waals surface area contributed by atoms with Gasteiger partial charge < -0.3 is 14.5 Å². The maximum absolute atomic E-state index is 13.2. The number of imide groups is 1. The van der Waals surface area contributed by atoms with E-state index in [0.717, 1.165) is 16.9 Å². The van der Waals surface area contributed by atoms with Crippen molar-refractivity contribution < 1.29 is 19.1 Å². The molecule has 1 aliphatic rings. The zero-order valence-corrected chi connectivity index (χ0v) is 19.0. The SMILES string of the molecule is COc1ccccc1CC(C)N(Cc1ccccc1)C(=O)CCCN1C(=O)CN(C)C1=O. The average Bonchev–Trinajstić information content (AvgIpc) is 3.04. The number of methoxy groups -OCH3 is 1. The number of rotatable bonds is 10. The Balaban J connectivity index is 1.68. The summed E-state index contributed by atoms with van der Waals surface area (Å²) in [6.45, 7) is 2.90. The fraction of sp³-hybridized carbons (Fsp3) is 0.400. The lowest BCUT2D eigenvalue weighted by Gasteiger charge is -2.30. The molecule has 1 atom stereocenters. The minimum atomic E-state index is -0.298. The third-order valence-electron chi connectivity index (χ3n) is 5.76. The molecule has 1 saturated heterocycles. The van der Waals surface area contributed by atoms with Crippen LogP contribution in [0.4, 0.5) is 4.79 Å². The van der Waals surface area contributed by atoms with E-state index in [2.05, 4.69) is 0 Å². The lowest BCUT2D eigenvalue weighted by atomic mass is 10.0. The zero-order chi connectivity index (χ0) is 23.1. The van der Waals surface area contributed by atoms with E-state index in [4.69, 9.17) is 4.74 Å². The van der Waals surface area contributed by atoms with Gasteiger partial charge in [0.25, 0.3) is 0 Å². The van der Waals surface area contributed by atoms with E-state index in [0.29, 0.717) is 19.4 Å². The van der Waals surface area contributed by atoms with Gasteiger partial charge in [-0.05, 0) is 37.0 Å². The summed E-state index contributed by atoms with van der Waals surface area (Å²) >= 11 is 0. The molecule has 0 bridgehead atoms. The number of hydrogen-bond donors (Lipinski definition) is 0. The molecular weight excluding hydrogens is 406 g/mol. The fourth-order valence-electron chi connectivity index (χ4n) is 3.99. The molecule has 0 aliphatic carbocycles. The molecule has 4 amide bonds. The van der Waals surface area contributed by atoms with Crippen LogP contribution in [0.1, 0.15) is 30.9 Å². The number of para-hydroxylation sites is 1. The Hall–Kier alpha value is -3.35. The van der Waals surface area contributed by atoms with Crippen LogP contribution in [0.2, 0.25) is 0 Å². The van der Waals surface area contributed by atoms with Gasteiger partial charge >= 0.3 is 6.03 Å². The molecule has 0 radical (unpaired) electrons. The van der Waals surface area contributed by atoms with Crippen LogP contribution in [0.25, 0.3) is 0 Å². The summed E-state index contributed by atoms with van der Waals surface area (Å²) in [6, 6.07) is 17.4. The number of carbonyl (C=O) groups is 3. The largest absolute Gasteiger partial charge is 0.496 e. The number of ether oxygens (including phenoxy) is 1. The Morgan fingerprint density at radius 3 is 2.44 bits per heavy atom. The number of carbonyl (C=O) groups excluding carboxylic acids is 3. The second-order valence-corrected chi connectivity index (χ2v) is 8.16. The molecule has 2 aromatic rings. The van der Waals surface area contributed by atoms with Gasteiger partial charge in [-0.25, -0.2) is 4.79 Å². The van der Waals surface area contributed by atoms with Crippen LogP contribution in [-0.2, 0) is 22.6 Å². The molecule has 2 aromatic carbocycles. The summed E-state index contributed by atoms with van der Waals surface area (Å²) in [4.78, 5) is 41.8. The Bertz CT molecular complexity index is 947. The zero-order valence-electron chi connectivity index (χ0n) is 19.0. The summed E-state index contributed by atoms with van der Waals surface area (Å²) < 4.78 is 5.48. The van der Waals surface area contributed by atoms with Gasteiger partial charge in [0.2, 0.25) is 11.8 Å². The normalized spacial score (nSPS) is 14.6. The van der Waals surface area contributed by atoms with Crippen LogP contribution >= 0.6 is 0 Å². The highest BCUT2D eigenvalue weighted by molar-refractivity contribution is 6.01.